The molecule has 0 aromatic carbocycles. The fourth-order valence-electron chi connectivity index (χ4n) is 0.547. The van der Waals surface area contributed by atoms with Crippen LogP contribution in [0.25, 0.3) is 0 Å². The van der Waals surface area contributed by atoms with Gasteiger partial charge in [-0.3, -0.25) is 0 Å². The second-order valence-corrected chi connectivity index (χ2v) is 4.11. The van der Waals surface area contributed by atoms with E-state index in [9.17, 15) is 35.1 Å². The zero-order valence-electron chi connectivity index (χ0n) is 6.30. The summed E-state index contributed by atoms with van der Waals surface area (Å²) in [6.07, 6.45) is -11.9. The van der Waals surface area contributed by atoms with Crippen molar-refractivity contribution in [3.63, 3.8) is 0 Å². The van der Waals surface area contributed by atoms with Crippen LogP contribution in [0.15, 0.2) is 0 Å². The quantitative estimate of drug-likeness (QED) is 0.400. The van der Waals surface area contributed by atoms with E-state index in [0.29, 0.717) is 0 Å². The largest absolute Gasteiger partial charge is 0.468 e. The third-order valence-corrected chi connectivity index (χ3v) is 3.08. The van der Waals surface area contributed by atoms with Gasteiger partial charge in [-0.2, -0.15) is 35.1 Å². The van der Waals surface area contributed by atoms with Crippen LogP contribution in [-0.4, -0.2) is 27.3 Å². The van der Waals surface area contributed by atoms with Gasteiger partial charge in [0.05, 0.1) is 0 Å². The molecule has 0 aliphatic heterocycles. The van der Waals surface area contributed by atoms with Crippen molar-refractivity contribution in [2.24, 2.45) is 0 Å². The van der Waals surface area contributed by atoms with Crippen molar-refractivity contribution >= 4 is 31.9 Å². The highest BCUT2D eigenvalue weighted by molar-refractivity contribution is 9.12. The molecule has 0 heterocycles. The number of rotatable bonds is 2. The van der Waals surface area contributed by atoms with Crippen LogP contribution in [-0.2, 0) is 0 Å². The minimum absolute atomic E-state index is 1.41. The predicted octanol–water partition coefficient (Wildman–Crippen LogP) is 4.04. The normalized spacial score (nSPS) is 17.0. The molecule has 1 nitrogen and oxygen atoms in total. The second kappa shape index (κ2) is 4.32. The Hall–Kier alpha value is 0.360. The van der Waals surface area contributed by atoms with Gasteiger partial charge in [-0.15, -0.1) is 4.90 Å². The van der Waals surface area contributed by atoms with E-state index in [4.69, 9.17) is 0 Å². The van der Waals surface area contributed by atoms with Crippen molar-refractivity contribution < 1.29 is 35.1 Å². The van der Waals surface area contributed by atoms with Gasteiger partial charge in [0.1, 0.15) is 0 Å². The number of hydrogen-bond acceptors (Lipinski definition) is 1. The zero-order valence-corrected chi connectivity index (χ0v) is 9.48. The molecule has 0 amide bonds. The summed E-state index contributed by atoms with van der Waals surface area (Å²) in [6.45, 7) is 0. The van der Waals surface area contributed by atoms with Crippen LogP contribution in [0.1, 0.15) is 0 Å². The predicted molar refractivity (Wildman–Crippen MR) is 40.5 cm³/mol. The highest BCUT2D eigenvalue weighted by Crippen LogP contribution is 2.44. The minimum atomic E-state index is -5.97. The summed E-state index contributed by atoms with van der Waals surface area (Å²) in [5.41, 5.74) is 0. The average molecular weight is 375 g/mol. The number of nitrogens with zero attached hydrogens (tertiary/aromatic N) is 1. The van der Waals surface area contributed by atoms with Gasteiger partial charge in [0.2, 0.25) is 0 Å². The molecular formula is C4HBr2F8N. The van der Waals surface area contributed by atoms with Crippen molar-refractivity contribution in [3.8, 4) is 0 Å². The molecule has 0 N–H and O–H groups in total. The molecule has 0 saturated carbocycles. The molecule has 1 unspecified atom stereocenters. The zero-order chi connectivity index (χ0) is 12.7. The molecule has 0 aromatic heterocycles. The number of halogens is 10. The molecule has 0 bridgehead atoms. The van der Waals surface area contributed by atoms with Crippen molar-refractivity contribution in [1.29, 1.82) is 0 Å². The molecule has 15 heavy (non-hydrogen) atoms. The standard InChI is InChI=1S/C4HBr2F8N/c5-1(2(6,7)8)15(3(9,10)11)4(12,13)14/h1H. The molecule has 0 fully saturated rings. The van der Waals surface area contributed by atoms with Crippen LogP contribution >= 0.6 is 31.9 Å². The van der Waals surface area contributed by atoms with Crippen LogP contribution in [0.4, 0.5) is 35.1 Å². The molecular weight excluding hydrogens is 374 g/mol. The molecule has 0 saturated heterocycles. The Balaban J connectivity index is 5.16. The first-order valence-corrected chi connectivity index (χ1v) is 4.62. The SMILES string of the molecule is FC(F)(Br)C(Br)N(C(F)(F)F)C(F)(F)F. The van der Waals surface area contributed by atoms with E-state index in [2.05, 4.69) is 0 Å². The molecule has 0 spiro atoms. The Morgan fingerprint density at radius 2 is 1.07 bits per heavy atom. The lowest BCUT2D eigenvalue weighted by Gasteiger charge is -2.32. The summed E-state index contributed by atoms with van der Waals surface area (Å²) in [6, 6.07) is 0. The van der Waals surface area contributed by atoms with E-state index in [1.807, 2.05) is 0 Å². The Bertz CT molecular complexity index is 202. The molecule has 0 aromatic rings. The Kier molecular flexibility index (Phi) is 4.42. The first kappa shape index (κ1) is 15.4. The average Bonchev–Trinajstić information content (AvgIpc) is 1.76. The Labute approximate surface area is 94.7 Å². The van der Waals surface area contributed by atoms with E-state index < -0.39 is 27.3 Å². The summed E-state index contributed by atoms with van der Waals surface area (Å²) in [5, 5.41) is 0. The fraction of sp³-hybridized carbons (Fsp3) is 1.00. The van der Waals surface area contributed by atoms with Gasteiger partial charge in [-0.25, -0.2) is 0 Å². The lowest BCUT2D eigenvalue weighted by Crippen LogP contribution is -2.55. The van der Waals surface area contributed by atoms with Gasteiger partial charge < -0.3 is 0 Å². The monoisotopic (exact) mass is 373 g/mol. The van der Waals surface area contributed by atoms with Crippen molar-refractivity contribution in [2.75, 3.05) is 0 Å². The third-order valence-electron chi connectivity index (χ3n) is 1.04. The maximum atomic E-state index is 12.3. The molecule has 1 atom stereocenters. The first-order chi connectivity index (χ1) is 6.28. The van der Waals surface area contributed by atoms with Crippen molar-refractivity contribution in [1.82, 2.24) is 4.90 Å². The van der Waals surface area contributed by atoms with Crippen LogP contribution in [0.3, 0.4) is 0 Å². The van der Waals surface area contributed by atoms with Gasteiger partial charge in [0, 0.05) is 0 Å². The topological polar surface area (TPSA) is 3.24 Å². The second-order valence-electron chi connectivity index (χ2n) is 2.18. The third kappa shape index (κ3) is 4.39. The number of hydrogen-bond donors (Lipinski definition) is 0. The van der Waals surface area contributed by atoms with Gasteiger partial charge >= 0.3 is 17.4 Å². The van der Waals surface area contributed by atoms with Gasteiger partial charge in [0.25, 0.3) is 0 Å². The fourth-order valence-corrected chi connectivity index (χ4v) is 1.22. The van der Waals surface area contributed by atoms with Gasteiger partial charge in [-0.1, -0.05) is 15.9 Å². The maximum absolute atomic E-state index is 12.3. The summed E-state index contributed by atoms with van der Waals surface area (Å²) in [7, 11) is 0. The summed E-state index contributed by atoms with van der Waals surface area (Å²) in [4.78, 5) is -9.93. The van der Waals surface area contributed by atoms with E-state index in [1.54, 1.807) is 15.9 Å². The molecule has 11 heteroatoms. The van der Waals surface area contributed by atoms with Crippen LogP contribution in [0.5, 0.6) is 0 Å². The van der Waals surface area contributed by atoms with E-state index >= 15 is 0 Å². The minimum Gasteiger partial charge on any atom is -0.191 e. The smallest absolute Gasteiger partial charge is 0.191 e. The van der Waals surface area contributed by atoms with Gasteiger partial charge in [0.15, 0.2) is 4.95 Å². The summed E-state index contributed by atoms with van der Waals surface area (Å²) >= 11 is 3.03. The summed E-state index contributed by atoms with van der Waals surface area (Å²) in [5.74, 6) is 0. The Morgan fingerprint density at radius 3 is 1.13 bits per heavy atom. The molecule has 92 valence electrons. The highest BCUT2D eigenvalue weighted by atomic mass is 79.9. The molecule has 0 aliphatic carbocycles. The first-order valence-electron chi connectivity index (χ1n) is 2.91. The lowest BCUT2D eigenvalue weighted by atomic mass is 10.6. The molecule has 0 aliphatic rings. The lowest BCUT2D eigenvalue weighted by molar-refractivity contribution is -0.382. The van der Waals surface area contributed by atoms with Gasteiger partial charge in [-0.05, 0) is 15.9 Å². The van der Waals surface area contributed by atoms with Crippen LogP contribution in [0.2, 0.25) is 0 Å². The van der Waals surface area contributed by atoms with Crippen LogP contribution < -0.4 is 0 Å². The van der Waals surface area contributed by atoms with E-state index in [0.717, 1.165) is 0 Å². The summed E-state index contributed by atoms with van der Waals surface area (Å²) < 4.78 is 95.4. The molecule has 0 radical (unpaired) electrons. The number of alkyl halides is 10. The Morgan fingerprint density at radius 1 is 0.800 bits per heavy atom. The molecule has 0 rings (SSSR count). The van der Waals surface area contributed by atoms with E-state index in [1.165, 1.54) is 15.9 Å². The maximum Gasteiger partial charge on any atom is 0.468 e. The van der Waals surface area contributed by atoms with Crippen molar-refractivity contribution in [3.05, 3.63) is 0 Å². The van der Waals surface area contributed by atoms with Crippen molar-refractivity contribution in [2.45, 2.75) is 22.4 Å². The van der Waals surface area contributed by atoms with E-state index in [-0.39, 0.29) is 0 Å². The highest BCUT2D eigenvalue weighted by Gasteiger charge is 2.62. The van der Waals surface area contributed by atoms with Crippen LogP contribution in [0, 0.1) is 0 Å².